The molecule has 2 N–H and O–H groups in total. The van der Waals surface area contributed by atoms with Crippen molar-refractivity contribution < 1.29 is 19.1 Å². The number of nitrogens with one attached hydrogen (secondary N) is 2. The second-order valence-corrected chi connectivity index (χ2v) is 13.7. The van der Waals surface area contributed by atoms with Crippen molar-refractivity contribution >= 4 is 51.6 Å². The van der Waals surface area contributed by atoms with Crippen molar-refractivity contribution in [2.24, 2.45) is 0 Å². The van der Waals surface area contributed by atoms with Crippen LogP contribution in [0.2, 0.25) is 0 Å². The van der Waals surface area contributed by atoms with Gasteiger partial charge in [0.15, 0.2) is 0 Å². The largest absolute Gasteiger partial charge is 0.465 e. The van der Waals surface area contributed by atoms with E-state index in [0.717, 1.165) is 39.6 Å². The van der Waals surface area contributed by atoms with E-state index in [-0.39, 0.29) is 11.8 Å². The van der Waals surface area contributed by atoms with Gasteiger partial charge in [0.25, 0.3) is 5.91 Å². The molecular weight excluding hydrogens is 627 g/mol. The summed E-state index contributed by atoms with van der Waals surface area (Å²) in [4.78, 5) is 44.3. The highest BCUT2D eigenvalue weighted by Gasteiger charge is 2.31. The van der Waals surface area contributed by atoms with Crippen LogP contribution in [0.5, 0.6) is 0 Å². The van der Waals surface area contributed by atoms with Gasteiger partial charge in [-0.3, -0.25) is 14.5 Å². The Morgan fingerprint density at radius 1 is 0.894 bits per heavy atom. The molecule has 1 aliphatic heterocycles. The number of hydrogen-bond acceptors (Lipinski definition) is 7. The van der Waals surface area contributed by atoms with E-state index in [4.69, 9.17) is 4.74 Å². The Morgan fingerprint density at radius 3 is 2.34 bits per heavy atom. The zero-order chi connectivity index (χ0) is 32.8. The first-order valence-corrected chi connectivity index (χ1v) is 17.1. The average Bonchev–Trinajstić information content (AvgIpc) is 3.45. The first-order valence-electron chi connectivity index (χ1n) is 15.4. The minimum atomic E-state index is -0.626. The summed E-state index contributed by atoms with van der Waals surface area (Å²) < 4.78 is 5.19. The third kappa shape index (κ3) is 7.82. The van der Waals surface area contributed by atoms with E-state index < -0.39 is 11.2 Å². The molecule has 7 nitrogen and oxygen atoms in total. The molecule has 0 spiro atoms. The molecule has 9 heteroatoms. The fourth-order valence-electron chi connectivity index (χ4n) is 5.61. The molecule has 2 amide bonds. The van der Waals surface area contributed by atoms with Crippen LogP contribution in [0.3, 0.4) is 0 Å². The third-order valence-electron chi connectivity index (χ3n) is 8.01. The summed E-state index contributed by atoms with van der Waals surface area (Å²) >= 11 is 2.83. The number of ether oxygens (including phenoxy) is 1. The SMILES string of the molecule is COC(=O)c1c(NC(=O)C(Sc2cccc(NC(=O)c3ccc(C)cc3)c2)c2ccccc2)sc2c1CCN(Cc1ccccc1)C2. The van der Waals surface area contributed by atoms with E-state index in [1.54, 1.807) is 12.1 Å². The minimum absolute atomic E-state index is 0.205. The smallest absolute Gasteiger partial charge is 0.341 e. The number of esters is 1. The summed E-state index contributed by atoms with van der Waals surface area (Å²) in [5.41, 5.74) is 5.72. The minimum Gasteiger partial charge on any atom is -0.465 e. The molecule has 2 heterocycles. The van der Waals surface area contributed by atoms with Crippen molar-refractivity contribution in [1.82, 2.24) is 4.90 Å². The lowest BCUT2D eigenvalue weighted by molar-refractivity contribution is -0.115. The number of carbonyl (C=O) groups excluding carboxylic acids is 3. The molecular formula is C38H35N3O4S2. The van der Waals surface area contributed by atoms with Gasteiger partial charge in [-0.1, -0.05) is 84.4 Å². The molecule has 5 aromatic rings. The molecule has 1 aromatic heterocycles. The molecule has 238 valence electrons. The Labute approximate surface area is 283 Å². The number of benzene rings is 4. The molecule has 0 fully saturated rings. The van der Waals surface area contributed by atoms with E-state index in [0.29, 0.717) is 34.8 Å². The maximum Gasteiger partial charge on any atom is 0.341 e. The maximum atomic E-state index is 14.1. The average molecular weight is 662 g/mol. The number of hydrogen-bond donors (Lipinski definition) is 2. The lowest BCUT2D eigenvalue weighted by atomic mass is 10.0. The summed E-state index contributed by atoms with van der Waals surface area (Å²) in [5.74, 6) is -0.903. The molecule has 6 rings (SSSR count). The lowest BCUT2D eigenvalue weighted by Gasteiger charge is -2.27. The first kappa shape index (κ1) is 32.2. The number of thioether (sulfide) groups is 1. The van der Waals surface area contributed by atoms with Gasteiger partial charge in [0.05, 0.1) is 12.7 Å². The molecule has 0 radical (unpaired) electrons. The third-order valence-corrected chi connectivity index (χ3v) is 10.4. The van der Waals surface area contributed by atoms with E-state index >= 15 is 0 Å². The fraction of sp³-hybridized carbons (Fsp3) is 0.184. The molecule has 4 aromatic carbocycles. The molecule has 47 heavy (non-hydrogen) atoms. The van der Waals surface area contributed by atoms with Gasteiger partial charge in [-0.25, -0.2) is 4.79 Å². The van der Waals surface area contributed by atoms with Gasteiger partial charge in [0.2, 0.25) is 5.91 Å². The second-order valence-electron chi connectivity index (χ2n) is 11.4. The van der Waals surface area contributed by atoms with Crippen LogP contribution in [0, 0.1) is 6.92 Å². The number of methoxy groups -OCH3 is 1. The van der Waals surface area contributed by atoms with Gasteiger partial charge in [-0.05, 0) is 60.4 Å². The predicted octanol–water partition coefficient (Wildman–Crippen LogP) is 8.13. The van der Waals surface area contributed by atoms with E-state index in [1.807, 2.05) is 91.9 Å². The van der Waals surface area contributed by atoms with Gasteiger partial charge in [-0.2, -0.15) is 0 Å². The predicted molar refractivity (Wildman–Crippen MR) is 189 cm³/mol. The number of nitrogens with zero attached hydrogens (tertiary/aromatic N) is 1. The molecule has 1 aliphatic rings. The van der Waals surface area contributed by atoms with Crippen molar-refractivity contribution in [3.63, 3.8) is 0 Å². The van der Waals surface area contributed by atoms with Crippen LogP contribution in [-0.4, -0.2) is 36.3 Å². The Kier molecular flexibility index (Phi) is 10.2. The highest BCUT2D eigenvalue weighted by atomic mass is 32.2. The summed E-state index contributed by atoms with van der Waals surface area (Å²) in [5, 5.41) is 5.96. The number of amides is 2. The molecule has 0 saturated heterocycles. The molecule has 0 bridgehead atoms. The van der Waals surface area contributed by atoms with Crippen LogP contribution in [0.1, 0.15) is 53.1 Å². The van der Waals surface area contributed by atoms with E-state index in [9.17, 15) is 14.4 Å². The van der Waals surface area contributed by atoms with E-state index in [2.05, 4.69) is 27.7 Å². The topological polar surface area (TPSA) is 87.7 Å². The second kappa shape index (κ2) is 14.8. The van der Waals surface area contributed by atoms with Crippen LogP contribution in [-0.2, 0) is 29.0 Å². The highest BCUT2D eigenvalue weighted by molar-refractivity contribution is 8.00. The summed E-state index contributed by atoms with van der Waals surface area (Å²) in [6, 6.07) is 34.7. The molecule has 1 atom stereocenters. The summed E-state index contributed by atoms with van der Waals surface area (Å²) in [6.45, 7) is 4.28. The maximum absolute atomic E-state index is 14.1. The van der Waals surface area contributed by atoms with Crippen molar-refractivity contribution in [3.05, 3.63) is 147 Å². The van der Waals surface area contributed by atoms with Gasteiger partial charge < -0.3 is 15.4 Å². The number of rotatable bonds is 10. The normalized spacial score (nSPS) is 13.3. The van der Waals surface area contributed by atoms with Crippen LogP contribution in [0.25, 0.3) is 0 Å². The van der Waals surface area contributed by atoms with Crippen molar-refractivity contribution in [3.8, 4) is 0 Å². The van der Waals surface area contributed by atoms with Gasteiger partial charge in [0.1, 0.15) is 10.3 Å². The van der Waals surface area contributed by atoms with Crippen molar-refractivity contribution in [1.29, 1.82) is 0 Å². The number of anilines is 2. The summed E-state index contributed by atoms with van der Waals surface area (Å²) in [6.07, 6.45) is 0.691. The lowest BCUT2D eigenvalue weighted by Crippen LogP contribution is -2.29. The number of aryl methyl sites for hydroxylation is 1. The van der Waals surface area contributed by atoms with Crippen molar-refractivity contribution in [2.75, 3.05) is 24.3 Å². The fourth-order valence-corrected chi connectivity index (χ4v) is 7.97. The zero-order valence-electron chi connectivity index (χ0n) is 26.2. The van der Waals surface area contributed by atoms with Crippen LogP contribution >= 0.6 is 23.1 Å². The molecule has 0 saturated carbocycles. The number of fused-ring (bicyclic) bond motifs is 1. The first-order chi connectivity index (χ1) is 22.9. The quantitative estimate of drug-likeness (QED) is 0.116. The van der Waals surface area contributed by atoms with Gasteiger partial charge >= 0.3 is 5.97 Å². The molecule has 1 unspecified atom stereocenters. The van der Waals surface area contributed by atoms with E-state index in [1.165, 1.54) is 35.8 Å². The van der Waals surface area contributed by atoms with Gasteiger partial charge in [0, 0.05) is 40.7 Å². The standard InChI is InChI=1S/C38H35N3O4S2/c1-25-16-18-28(19-17-25)35(42)39-29-14-9-15-30(22-29)46-34(27-12-7-4-8-13-27)36(43)40-37-33(38(44)45-2)31-20-21-41(24-32(31)47-37)23-26-10-5-3-6-11-26/h3-19,22,34H,20-21,23-24H2,1-2H3,(H,39,42)(H,40,43). The van der Waals surface area contributed by atoms with Crippen molar-refractivity contribution in [2.45, 2.75) is 36.6 Å². The monoisotopic (exact) mass is 661 g/mol. The van der Waals surface area contributed by atoms with Crippen LogP contribution in [0.4, 0.5) is 10.7 Å². The Bertz CT molecular complexity index is 1870. The number of thiophene rings is 1. The Balaban J connectivity index is 1.23. The Morgan fingerprint density at radius 2 is 1.62 bits per heavy atom. The molecule has 0 aliphatic carbocycles. The van der Waals surface area contributed by atoms with Gasteiger partial charge in [-0.15, -0.1) is 23.1 Å². The van der Waals surface area contributed by atoms with Crippen LogP contribution in [0.15, 0.2) is 114 Å². The summed E-state index contributed by atoms with van der Waals surface area (Å²) in [7, 11) is 1.37. The number of carbonyl (C=O) groups is 3. The highest BCUT2D eigenvalue weighted by Crippen LogP contribution is 2.41. The zero-order valence-corrected chi connectivity index (χ0v) is 27.8. The van der Waals surface area contributed by atoms with Crippen LogP contribution < -0.4 is 10.6 Å². The Hall–Kier alpha value is -4.70.